The molecule has 2 fully saturated rings. The first-order valence-electron chi connectivity index (χ1n) is 21.6. The number of nitrogens with one attached hydrogen (secondary N) is 3. The number of halogens is 4. The minimum atomic E-state index is -1.42. The fourth-order valence-corrected chi connectivity index (χ4v) is 8.51. The Balaban J connectivity index is 1.35. The zero-order valence-electron chi connectivity index (χ0n) is 37.1. The van der Waals surface area contributed by atoms with E-state index in [2.05, 4.69) is 15.6 Å². The molecule has 0 aliphatic carbocycles. The van der Waals surface area contributed by atoms with Crippen LogP contribution in [0.2, 0.25) is 0 Å². The molecule has 0 spiro atoms. The zero-order chi connectivity index (χ0) is 46.1. The van der Waals surface area contributed by atoms with Gasteiger partial charge in [0.15, 0.2) is 5.82 Å². The SMILES string of the molecule is CCC(=O)N[C@@H](CC)C(=O)N1C[C@@H](F)C[C@H]1Cc1c(-c2nc3cc(F)ccc3n2C[C@@H]2C[C@H](F)CN2C(=O)[C@H](CC)NC(=O)[C@H](C)N(C)C(=O)OC(C)(C)C)[nH]c2cc(F)ccc12. The summed E-state index contributed by atoms with van der Waals surface area (Å²) in [5.41, 5.74) is 1.23. The summed E-state index contributed by atoms with van der Waals surface area (Å²) in [5, 5.41) is 6.05. The molecule has 2 aromatic heterocycles. The van der Waals surface area contributed by atoms with Crippen LogP contribution in [0.1, 0.15) is 86.1 Å². The summed E-state index contributed by atoms with van der Waals surface area (Å²) in [6, 6.07) is 3.80. The van der Waals surface area contributed by atoms with E-state index in [0.717, 1.165) is 4.90 Å². The first kappa shape index (κ1) is 46.8. The molecule has 0 radical (unpaired) electrons. The summed E-state index contributed by atoms with van der Waals surface area (Å²) in [5.74, 6) is -2.72. The van der Waals surface area contributed by atoms with E-state index >= 15 is 8.78 Å². The molecule has 6 rings (SSSR count). The molecule has 18 heteroatoms. The van der Waals surface area contributed by atoms with Crippen LogP contribution in [0, 0.1) is 11.6 Å². The normalized spacial score (nSPS) is 20.5. The third kappa shape index (κ3) is 10.3. The molecule has 5 amide bonds. The maximum absolute atomic E-state index is 15.5. The second kappa shape index (κ2) is 19.0. The third-order valence-corrected chi connectivity index (χ3v) is 12.0. The lowest BCUT2D eigenvalue weighted by molar-refractivity contribution is -0.138. The van der Waals surface area contributed by atoms with Gasteiger partial charge in [-0.1, -0.05) is 20.8 Å². The minimum Gasteiger partial charge on any atom is -0.444 e. The summed E-state index contributed by atoms with van der Waals surface area (Å²) in [4.78, 5) is 78.6. The smallest absolute Gasteiger partial charge is 0.410 e. The quantitative estimate of drug-likeness (QED) is 0.125. The standard InChI is InChI=1S/C45H58F4N8O6/c1-9-33(50-38(58)11-3)42(60)55-21-27(48)16-29(55)20-32-31-14-12-25(46)18-35(31)51-39(32)40-52-36-19-26(47)13-15-37(36)57(40)23-30-17-28(49)22-56(30)43(61)34(10-2)53-41(59)24(4)54(8)44(62)63-45(5,6)7/h12-15,18-19,24,27-30,33-34,51H,9-11,16-17,20-23H2,1-8H3,(H,50,58)(H,53,59)/t24-,27-,28-,29-,30-,33-,34-/m0/s1. The van der Waals surface area contributed by atoms with Gasteiger partial charge in [-0.15, -0.1) is 0 Å². The van der Waals surface area contributed by atoms with Crippen LogP contribution in [0.15, 0.2) is 36.4 Å². The Labute approximate surface area is 364 Å². The number of benzene rings is 2. The van der Waals surface area contributed by atoms with Gasteiger partial charge in [-0.3, -0.25) is 24.1 Å². The van der Waals surface area contributed by atoms with Crippen molar-refractivity contribution in [3.8, 4) is 11.5 Å². The van der Waals surface area contributed by atoms with Gasteiger partial charge in [-0.05, 0) is 82.9 Å². The Morgan fingerprint density at radius 1 is 0.889 bits per heavy atom. The molecular formula is C45H58F4N8O6. The van der Waals surface area contributed by atoms with Crippen molar-refractivity contribution < 1.29 is 46.3 Å². The number of fused-ring (bicyclic) bond motifs is 2. The zero-order valence-corrected chi connectivity index (χ0v) is 37.1. The van der Waals surface area contributed by atoms with Crippen molar-refractivity contribution in [2.24, 2.45) is 0 Å². The maximum Gasteiger partial charge on any atom is 0.410 e. The van der Waals surface area contributed by atoms with Crippen LogP contribution in [0.25, 0.3) is 33.5 Å². The highest BCUT2D eigenvalue weighted by Crippen LogP contribution is 2.37. The highest BCUT2D eigenvalue weighted by Gasteiger charge is 2.42. The fraction of sp³-hybridized carbons (Fsp3) is 0.556. The summed E-state index contributed by atoms with van der Waals surface area (Å²) in [6.07, 6.45) is -2.83. The number of amides is 5. The average Bonchev–Trinajstić information content (AvgIpc) is 3.99. The average molecular weight is 883 g/mol. The molecule has 4 heterocycles. The number of likely N-dealkylation sites (N-methyl/N-ethyl adjacent to an activating group) is 1. The van der Waals surface area contributed by atoms with Gasteiger partial charge in [0.2, 0.25) is 23.6 Å². The lowest BCUT2D eigenvalue weighted by atomic mass is 9.99. The number of alkyl halides is 2. The summed E-state index contributed by atoms with van der Waals surface area (Å²) in [7, 11) is 1.41. The van der Waals surface area contributed by atoms with E-state index in [9.17, 15) is 32.8 Å². The van der Waals surface area contributed by atoms with Gasteiger partial charge < -0.3 is 34.7 Å². The van der Waals surface area contributed by atoms with E-state index < -0.39 is 83.6 Å². The van der Waals surface area contributed by atoms with Crippen LogP contribution in [-0.2, 0) is 36.9 Å². The van der Waals surface area contributed by atoms with Crippen molar-refractivity contribution in [2.45, 2.75) is 142 Å². The summed E-state index contributed by atoms with van der Waals surface area (Å²) >= 11 is 0. The van der Waals surface area contributed by atoms with Gasteiger partial charge in [0.1, 0.15) is 47.7 Å². The van der Waals surface area contributed by atoms with Crippen molar-refractivity contribution in [3.63, 3.8) is 0 Å². The van der Waals surface area contributed by atoms with E-state index in [1.165, 1.54) is 54.1 Å². The highest BCUT2D eigenvalue weighted by molar-refractivity contribution is 5.93. The molecule has 2 saturated heterocycles. The van der Waals surface area contributed by atoms with Gasteiger partial charge in [-0.25, -0.2) is 27.3 Å². The number of aromatic nitrogens is 3. The minimum absolute atomic E-state index is 0.00106. The summed E-state index contributed by atoms with van der Waals surface area (Å²) < 4.78 is 67.6. The van der Waals surface area contributed by atoms with Crippen molar-refractivity contribution in [2.75, 3.05) is 20.1 Å². The molecule has 63 heavy (non-hydrogen) atoms. The Hall–Kier alpha value is -5.68. The van der Waals surface area contributed by atoms with Crippen molar-refractivity contribution in [1.82, 2.24) is 39.9 Å². The van der Waals surface area contributed by atoms with Gasteiger partial charge in [0, 0.05) is 55.9 Å². The molecule has 342 valence electrons. The van der Waals surface area contributed by atoms with Crippen LogP contribution in [0.5, 0.6) is 0 Å². The molecule has 7 atom stereocenters. The predicted molar refractivity (Wildman–Crippen MR) is 229 cm³/mol. The highest BCUT2D eigenvalue weighted by atomic mass is 19.1. The number of rotatable bonds is 14. The van der Waals surface area contributed by atoms with Gasteiger partial charge >= 0.3 is 6.09 Å². The largest absolute Gasteiger partial charge is 0.444 e. The molecule has 0 bridgehead atoms. The molecule has 14 nitrogen and oxygen atoms in total. The molecule has 0 saturated carbocycles. The van der Waals surface area contributed by atoms with Crippen LogP contribution >= 0.6 is 0 Å². The van der Waals surface area contributed by atoms with Crippen molar-refractivity contribution >= 4 is 51.7 Å². The number of H-pyrrole nitrogens is 1. The number of hydrogen-bond acceptors (Lipinski definition) is 7. The van der Waals surface area contributed by atoms with Crippen molar-refractivity contribution in [1.29, 1.82) is 0 Å². The van der Waals surface area contributed by atoms with Crippen molar-refractivity contribution in [3.05, 3.63) is 53.6 Å². The molecule has 4 aromatic rings. The van der Waals surface area contributed by atoms with Crippen LogP contribution in [-0.4, -0.2) is 127 Å². The summed E-state index contributed by atoms with van der Waals surface area (Å²) in [6.45, 7) is 11.3. The number of nitrogens with zero attached hydrogens (tertiary/aromatic N) is 5. The number of likely N-dealkylation sites (tertiary alicyclic amines) is 2. The first-order chi connectivity index (χ1) is 29.7. The molecular weight excluding hydrogens is 825 g/mol. The molecule has 0 unspecified atom stereocenters. The second-order valence-corrected chi connectivity index (χ2v) is 17.6. The second-order valence-electron chi connectivity index (χ2n) is 17.6. The third-order valence-electron chi connectivity index (χ3n) is 12.0. The molecule has 2 aliphatic heterocycles. The van der Waals surface area contributed by atoms with E-state index in [4.69, 9.17) is 9.72 Å². The molecule has 2 aliphatic rings. The number of ether oxygens (including phenoxy) is 1. The Kier molecular flexibility index (Phi) is 14.1. The number of hydrogen-bond donors (Lipinski definition) is 3. The maximum atomic E-state index is 15.5. The van der Waals surface area contributed by atoms with E-state index in [-0.39, 0.29) is 69.0 Å². The Bertz CT molecular complexity index is 2360. The first-order valence-corrected chi connectivity index (χ1v) is 21.6. The Morgan fingerprint density at radius 3 is 2.10 bits per heavy atom. The van der Waals surface area contributed by atoms with Gasteiger partial charge in [0.25, 0.3) is 0 Å². The number of carbonyl (C=O) groups is 5. The van der Waals surface area contributed by atoms with Crippen LogP contribution in [0.4, 0.5) is 22.4 Å². The van der Waals surface area contributed by atoms with Gasteiger partial charge in [-0.2, -0.15) is 0 Å². The lowest BCUT2D eigenvalue weighted by Crippen LogP contribution is -2.55. The van der Waals surface area contributed by atoms with Crippen LogP contribution in [0.3, 0.4) is 0 Å². The number of carbonyl (C=O) groups excluding carboxylic acids is 5. The van der Waals surface area contributed by atoms with E-state index in [0.29, 0.717) is 34.1 Å². The van der Waals surface area contributed by atoms with E-state index in [1.807, 2.05) is 0 Å². The lowest BCUT2D eigenvalue weighted by Gasteiger charge is -2.31. The monoisotopic (exact) mass is 882 g/mol. The van der Waals surface area contributed by atoms with E-state index in [1.54, 1.807) is 52.2 Å². The predicted octanol–water partition coefficient (Wildman–Crippen LogP) is 6.34. The number of aromatic amines is 1. The number of imidazole rings is 1. The Morgan fingerprint density at radius 2 is 1.48 bits per heavy atom. The molecule has 3 N–H and O–H groups in total. The van der Waals surface area contributed by atoms with Crippen LogP contribution < -0.4 is 10.6 Å². The van der Waals surface area contributed by atoms with Gasteiger partial charge in [0.05, 0.1) is 35.9 Å². The topological polar surface area (TPSA) is 162 Å². The molecule has 2 aromatic carbocycles. The fourth-order valence-electron chi connectivity index (χ4n) is 8.51.